The van der Waals surface area contributed by atoms with Crippen molar-refractivity contribution in [3.63, 3.8) is 0 Å². The summed E-state index contributed by atoms with van der Waals surface area (Å²) < 4.78 is 0. The minimum Gasteiger partial charge on any atom is -0.481 e. The van der Waals surface area contributed by atoms with Gasteiger partial charge in [-0.1, -0.05) is 0 Å². The van der Waals surface area contributed by atoms with Crippen LogP contribution in [-0.4, -0.2) is 66.7 Å². The normalized spacial score (nSPS) is 8.48. The Labute approximate surface area is 118 Å². The molecule has 0 aromatic carbocycles. The van der Waals surface area contributed by atoms with Gasteiger partial charge in [0, 0.05) is 0 Å². The van der Waals surface area contributed by atoms with Crippen LogP contribution in [0.5, 0.6) is 0 Å². The third-order valence-corrected chi connectivity index (χ3v) is 1.42. The number of carboxylic acid groups (broad SMARTS) is 4. The minimum atomic E-state index is -2.74. The van der Waals surface area contributed by atoms with Crippen molar-refractivity contribution in [2.24, 2.45) is 0 Å². The molecule has 13 nitrogen and oxygen atoms in total. The van der Waals surface area contributed by atoms with Gasteiger partial charge in [-0.3, -0.25) is 9.59 Å². The van der Waals surface area contributed by atoms with Crippen LogP contribution < -0.4 is 18.5 Å². The molecule has 0 heterocycles. The van der Waals surface area contributed by atoms with Crippen LogP contribution in [0.4, 0.5) is 0 Å². The van der Waals surface area contributed by atoms with Gasteiger partial charge in [-0.2, -0.15) is 0 Å². The summed E-state index contributed by atoms with van der Waals surface area (Å²) in [5.41, 5.74) is -2.74. The summed E-state index contributed by atoms with van der Waals surface area (Å²) in [6, 6.07) is 0. The van der Waals surface area contributed by atoms with Crippen molar-refractivity contribution in [1.29, 1.82) is 0 Å². The van der Waals surface area contributed by atoms with E-state index in [1.54, 1.807) is 0 Å². The van der Waals surface area contributed by atoms with Gasteiger partial charge < -0.3 is 49.1 Å². The summed E-state index contributed by atoms with van der Waals surface area (Å²) in [5, 5.41) is 48.8. The fraction of sp³-hybridized carbons (Fsp3) is 0.500. The zero-order valence-electron chi connectivity index (χ0n) is 11.1. The quantitative estimate of drug-likeness (QED) is 0.264. The van der Waals surface area contributed by atoms with Gasteiger partial charge in [-0.15, -0.1) is 0 Å². The average Bonchev–Trinajstić information content (AvgIpc) is 2.15. The van der Waals surface area contributed by atoms with Crippen LogP contribution in [0.15, 0.2) is 0 Å². The fourth-order valence-electron chi connectivity index (χ4n) is 0.714. The standard InChI is InChI=1S/C6H8O7.C2H4O3.3H3N/c7-3(8)1-6(13,5(11)12)2-4(9)10;3-1-2(4)5;;;/h13H,1-2H2,(H,7,8)(H,9,10)(H,11,12);3H,1H2,(H,4,5);3*1H3. The number of aliphatic carboxylic acids is 4. The van der Waals surface area contributed by atoms with Crippen LogP contribution in [0.3, 0.4) is 0 Å². The highest BCUT2D eigenvalue weighted by atomic mass is 16.4. The maximum absolute atomic E-state index is 10.3. The molecule has 15 N–H and O–H groups in total. The van der Waals surface area contributed by atoms with Gasteiger partial charge in [-0.05, 0) is 0 Å². The summed E-state index contributed by atoms with van der Waals surface area (Å²) in [6.07, 6.45) is -2.29. The number of rotatable bonds is 6. The van der Waals surface area contributed by atoms with Crippen molar-refractivity contribution >= 4 is 23.9 Å². The Kier molecular flexibility index (Phi) is 20.9. The Bertz CT molecular complexity index is 329. The smallest absolute Gasteiger partial charge is 0.336 e. The van der Waals surface area contributed by atoms with Gasteiger partial charge >= 0.3 is 23.9 Å². The molecule has 0 radical (unpaired) electrons. The van der Waals surface area contributed by atoms with E-state index in [-0.39, 0.29) is 18.5 Å². The highest BCUT2D eigenvalue weighted by Gasteiger charge is 2.40. The van der Waals surface area contributed by atoms with Crippen molar-refractivity contribution in [2.75, 3.05) is 6.61 Å². The lowest BCUT2D eigenvalue weighted by Gasteiger charge is -2.18. The highest BCUT2D eigenvalue weighted by molar-refractivity contribution is 5.88. The van der Waals surface area contributed by atoms with Crippen LogP contribution in [0.2, 0.25) is 0 Å². The fourth-order valence-corrected chi connectivity index (χ4v) is 0.714. The molecule has 0 amide bonds. The van der Waals surface area contributed by atoms with E-state index in [1.807, 2.05) is 0 Å². The molecule has 0 aliphatic rings. The first-order chi connectivity index (χ1) is 8.05. The molecule has 0 aromatic rings. The molecule has 128 valence electrons. The zero-order chi connectivity index (χ0) is 14.9. The molecule has 13 heteroatoms. The van der Waals surface area contributed by atoms with Crippen molar-refractivity contribution < 1.29 is 49.8 Å². The Hall–Kier alpha value is -2.32. The third kappa shape index (κ3) is 17.7. The molecule has 0 unspecified atom stereocenters. The molecule has 21 heavy (non-hydrogen) atoms. The predicted octanol–water partition coefficient (Wildman–Crippen LogP) is -1.70. The SMILES string of the molecule is N.N.N.O=C(O)CC(O)(CC(=O)O)C(=O)O.O=C(O)CO. The number of hydrogen-bond donors (Lipinski definition) is 9. The minimum absolute atomic E-state index is 0. The van der Waals surface area contributed by atoms with Gasteiger partial charge in [-0.25, -0.2) is 9.59 Å². The molecule has 0 fully saturated rings. The lowest BCUT2D eigenvalue weighted by Crippen LogP contribution is -2.42. The predicted molar refractivity (Wildman–Crippen MR) is 66.9 cm³/mol. The lowest BCUT2D eigenvalue weighted by molar-refractivity contribution is -0.170. The van der Waals surface area contributed by atoms with Gasteiger partial charge in [0.1, 0.15) is 6.61 Å². The second kappa shape index (κ2) is 14.1. The van der Waals surface area contributed by atoms with Gasteiger partial charge in [0.15, 0.2) is 5.60 Å². The Morgan fingerprint density at radius 2 is 0.952 bits per heavy atom. The summed E-state index contributed by atoms with van der Waals surface area (Å²) in [5.74, 6) is -6.21. The molecule has 0 aromatic heterocycles. The first-order valence-corrected chi connectivity index (χ1v) is 4.27. The highest BCUT2D eigenvalue weighted by Crippen LogP contribution is 2.15. The van der Waals surface area contributed by atoms with Crippen LogP contribution in [0.1, 0.15) is 12.8 Å². The Balaban J connectivity index is -0.0000000933. The molecule has 0 rings (SSSR count). The number of aliphatic hydroxyl groups is 2. The second-order valence-electron chi connectivity index (χ2n) is 3.03. The third-order valence-electron chi connectivity index (χ3n) is 1.42. The molecular weight excluding hydrogens is 298 g/mol. The maximum Gasteiger partial charge on any atom is 0.336 e. The monoisotopic (exact) mass is 319 g/mol. The van der Waals surface area contributed by atoms with E-state index in [9.17, 15) is 14.4 Å². The summed E-state index contributed by atoms with van der Waals surface area (Å²) in [7, 11) is 0. The van der Waals surface area contributed by atoms with Crippen molar-refractivity contribution in [3.8, 4) is 0 Å². The van der Waals surface area contributed by atoms with E-state index >= 15 is 0 Å². The van der Waals surface area contributed by atoms with Crippen molar-refractivity contribution in [3.05, 3.63) is 0 Å². The van der Waals surface area contributed by atoms with E-state index in [4.69, 9.17) is 35.4 Å². The van der Waals surface area contributed by atoms with Crippen LogP contribution in [-0.2, 0) is 19.2 Å². The van der Waals surface area contributed by atoms with E-state index in [2.05, 4.69) is 0 Å². The molecular formula is C8H21N3O10. The number of carboxylic acids is 4. The molecule has 0 aliphatic heterocycles. The van der Waals surface area contributed by atoms with E-state index in [0.29, 0.717) is 0 Å². The van der Waals surface area contributed by atoms with Gasteiger partial charge in [0.2, 0.25) is 0 Å². The largest absolute Gasteiger partial charge is 0.481 e. The Morgan fingerprint density at radius 3 is 1.05 bits per heavy atom. The number of aliphatic hydroxyl groups excluding tert-OH is 1. The molecule has 0 saturated heterocycles. The average molecular weight is 319 g/mol. The number of hydrogen-bond acceptors (Lipinski definition) is 9. The van der Waals surface area contributed by atoms with E-state index in [1.165, 1.54) is 0 Å². The summed E-state index contributed by atoms with van der Waals surface area (Å²) in [6.45, 7) is -0.778. The van der Waals surface area contributed by atoms with Gasteiger partial charge in [0.25, 0.3) is 0 Å². The zero-order valence-corrected chi connectivity index (χ0v) is 11.1. The van der Waals surface area contributed by atoms with Crippen LogP contribution >= 0.6 is 0 Å². The Morgan fingerprint density at radius 1 is 0.714 bits per heavy atom. The molecule has 0 aliphatic carbocycles. The number of carbonyl (C=O) groups is 4. The molecule has 0 saturated carbocycles. The van der Waals surface area contributed by atoms with Crippen molar-refractivity contribution in [1.82, 2.24) is 18.5 Å². The topological polar surface area (TPSA) is 295 Å². The summed E-state index contributed by atoms with van der Waals surface area (Å²) >= 11 is 0. The first kappa shape index (κ1) is 31.2. The van der Waals surface area contributed by atoms with Gasteiger partial charge in [0.05, 0.1) is 12.8 Å². The molecule has 0 bridgehead atoms. The van der Waals surface area contributed by atoms with E-state index in [0.717, 1.165) is 0 Å². The molecule has 0 spiro atoms. The van der Waals surface area contributed by atoms with Crippen LogP contribution in [0.25, 0.3) is 0 Å². The van der Waals surface area contributed by atoms with E-state index < -0.39 is 48.9 Å². The van der Waals surface area contributed by atoms with Crippen LogP contribution in [0, 0.1) is 0 Å². The first-order valence-electron chi connectivity index (χ1n) is 4.27. The lowest BCUT2D eigenvalue weighted by atomic mass is 9.96. The second-order valence-corrected chi connectivity index (χ2v) is 3.03. The molecule has 0 atom stereocenters. The van der Waals surface area contributed by atoms with Crippen molar-refractivity contribution in [2.45, 2.75) is 18.4 Å². The summed E-state index contributed by atoms with van der Waals surface area (Å²) in [4.78, 5) is 39.6. The maximum atomic E-state index is 10.3.